The summed E-state index contributed by atoms with van der Waals surface area (Å²) in [7, 11) is 0.913. The maximum Gasteiger partial charge on any atom is 0.409 e. The largest absolute Gasteiger partial charge is 0.497 e. The van der Waals surface area contributed by atoms with E-state index in [4.69, 9.17) is 30.5 Å². The second-order valence-electron chi connectivity index (χ2n) is 15.6. The van der Waals surface area contributed by atoms with E-state index in [-0.39, 0.29) is 48.1 Å². The minimum atomic E-state index is -4.07. The molecular formula is C47H58ClN3O7S. The topological polar surface area (TPSA) is 97.9 Å². The molecule has 1 aliphatic carbocycles. The highest BCUT2D eigenvalue weighted by Gasteiger charge is 2.42. The van der Waals surface area contributed by atoms with Gasteiger partial charge in [0, 0.05) is 43.7 Å². The predicted octanol–water partition coefficient (Wildman–Crippen LogP) is 9.67. The molecule has 12 heteroatoms. The van der Waals surface area contributed by atoms with Crippen LogP contribution < -0.4 is 19.1 Å². The van der Waals surface area contributed by atoms with Crippen molar-refractivity contribution in [2.24, 2.45) is 5.92 Å². The number of benzene rings is 4. The molecule has 10 nitrogen and oxygen atoms in total. The van der Waals surface area contributed by atoms with Gasteiger partial charge in [0.15, 0.2) is 0 Å². The van der Waals surface area contributed by atoms with Crippen molar-refractivity contribution in [1.29, 1.82) is 0 Å². The van der Waals surface area contributed by atoms with E-state index in [0.717, 1.165) is 55.3 Å². The van der Waals surface area contributed by atoms with Gasteiger partial charge in [0.05, 0.1) is 44.1 Å². The second-order valence-corrected chi connectivity index (χ2v) is 18.0. The van der Waals surface area contributed by atoms with Crippen molar-refractivity contribution in [2.75, 3.05) is 52.5 Å². The third kappa shape index (κ3) is 10.0. The van der Waals surface area contributed by atoms with Crippen LogP contribution in [0.5, 0.6) is 17.2 Å². The number of fused-ring (bicyclic) bond motifs is 3. The Balaban J connectivity index is 1.40. The quantitative estimate of drug-likeness (QED) is 0.0971. The minimum Gasteiger partial charge on any atom is -0.497 e. The summed E-state index contributed by atoms with van der Waals surface area (Å²) in [6, 6.07) is 26.1. The molecule has 1 aliphatic heterocycles. The number of ether oxygens (including phenoxy) is 4. The van der Waals surface area contributed by atoms with Gasteiger partial charge < -0.3 is 28.7 Å². The van der Waals surface area contributed by atoms with E-state index in [1.807, 2.05) is 66.7 Å². The number of aryl methyl sites for hydroxylation is 1. The number of sulfonamides is 1. The number of carbonyl (C=O) groups excluding carboxylic acids is 1. The summed E-state index contributed by atoms with van der Waals surface area (Å²) in [5.41, 5.74) is 4.47. The molecule has 316 valence electrons. The van der Waals surface area contributed by atoms with Crippen molar-refractivity contribution < 1.29 is 32.2 Å². The van der Waals surface area contributed by atoms with Gasteiger partial charge >= 0.3 is 6.09 Å². The second kappa shape index (κ2) is 19.6. The monoisotopic (exact) mass is 843 g/mol. The molecule has 0 aromatic heterocycles. The molecule has 1 spiro atoms. The molecular weight excluding hydrogens is 786 g/mol. The van der Waals surface area contributed by atoms with Gasteiger partial charge in [-0.2, -0.15) is 4.31 Å². The summed E-state index contributed by atoms with van der Waals surface area (Å²) in [6.07, 6.45) is 6.78. The van der Waals surface area contributed by atoms with Crippen LogP contribution in [0.15, 0.2) is 102 Å². The van der Waals surface area contributed by atoms with Crippen LogP contribution in [0.1, 0.15) is 68.2 Å². The van der Waals surface area contributed by atoms with E-state index in [1.165, 1.54) is 15.4 Å². The fourth-order valence-electron chi connectivity index (χ4n) is 8.73. The number of anilines is 1. The van der Waals surface area contributed by atoms with Gasteiger partial charge in [0.1, 0.15) is 17.2 Å². The zero-order valence-corrected chi connectivity index (χ0v) is 36.6. The molecule has 3 atom stereocenters. The molecule has 6 rings (SSSR count). The molecule has 0 N–H and O–H groups in total. The van der Waals surface area contributed by atoms with Crippen molar-refractivity contribution in [3.05, 3.63) is 125 Å². The summed E-state index contributed by atoms with van der Waals surface area (Å²) in [5, 5.41) is 0.711. The maximum atomic E-state index is 15.0. The highest BCUT2D eigenvalue weighted by molar-refractivity contribution is 7.89. The van der Waals surface area contributed by atoms with Gasteiger partial charge in [0.2, 0.25) is 10.0 Å². The summed E-state index contributed by atoms with van der Waals surface area (Å²) in [5.74, 6) is 2.09. The van der Waals surface area contributed by atoms with E-state index in [2.05, 4.69) is 30.5 Å². The molecule has 0 unspecified atom stereocenters. The van der Waals surface area contributed by atoms with Gasteiger partial charge in [-0.3, -0.25) is 0 Å². The van der Waals surface area contributed by atoms with Gasteiger partial charge in [0.25, 0.3) is 0 Å². The van der Waals surface area contributed by atoms with Crippen LogP contribution >= 0.6 is 11.6 Å². The average Bonchev–Trinajstić information content (AvgIpc) is 3.39. The lowest BCUT2D eigenvalue weighted by atomic mass is 9.70. The maximum absolute atomic E-state index is 15.0. The smallest absolute Gasteiger partial charge is 0.409 e. The Bertz CT molecular complexity index is 2120. The standard InChI is InChI=1S/C47H58ClN3O7S/c1-7-11-36(43(8-2)49(4)46(52)57-9-3)25-27-50-32-47(26-10-12-37-28-38(48)17-23-42(37)47)33-58-45-24-22-41(29-44(45)50)59(53,54)51(30-34-13-18-39(55-5)19-14-34)31-35-15-20-40(56-6)21-16-35/h8,13-24,28-29,36,43H,2,7,9-12,25-27,30-33H2,1,3-6H3/t36-,43-,47+/m1/s1. The molecule has 59 heavy (non-hydrogen) atoms. The molecule has 0 saturated carbocycles. The normalized spacial score (nSPS) is 17.2. The Morgan fingerprint density at radius 3 is 2.20 bits per heavy atom. The molecule has 4 aromatic carbocycles. The Morgan fingerprint density at radius 1 is 0.949 bits per heavy atom. The van der Waals surface area contributed by atoms with Crippen LogP contribution in [0, 0.1) is 5.92 Å². The summed E-state index contributed by atoms with van der Waals surface area (Å²) in [4.78, 5) is 17.1. The lowest BCUT2D eigenvalue weighted by molar-refractivity contribution is 0.0959. The van der Waals surface area contributed by atoms with Crippen molar-refractivity contribution in [3.8, 4) is 17.2 Å². The number of likely N-dealkylation sites (N-methyl/N-ethyl adjacent to an activating group) is 1. The van der Waals surface area contributed by atoms with Crippen LogP contribution in [0.4, 0.5) is 10.5 Å². The van der Waals surface area contributed by atoms with Crippen molar-refractivity contribution in [2.45, 2.75) is 81.8 Å². The van der Waals surface area contributed by atoms with E-state index >= 15 is 0 Å². The molecule has 2 aliphatic rings. The fourth-order valence-corrected chi connectivity index (χ4v) is 10.4. The summed E-state index contributed by atoms with van der Waals surface area (Å²) >= 11 is 6.52. The Kier molecular flexibility index (Phi) is 14.5. The Morgan fingerprint density at radius 2 is 1.61 bits per heavy atom. The third-order valence-electron chi connectivity index (χ3n) is 11.8. The first-order valence-corrected chi connectivity index (χ1v) is 22.4. The highest BCUT2D eigenvalue weighted by Crippen LogP contribution is 2.45. The molecule has 0 bridgehead atoms. The number of halogens is 1. The third-order valence-corrected chi connectivity index (χ3v) is 13.9. The van der Waals surface area contributed by atoms with Crippen LogP contribution in [-0.4, -0.2) is 77.3 Å². The number of hydrogen-bond donors (Lipinski definition) is 0. The number of methoxy groups -OCH3 is 2. The molecule has 0 fully saturated rings. The first-order chi connectivity index (χ1) is 28.4. The van der Waals surface area contributed by atoms with Crippen molar-refractivity contribution >= 4 is 33.4 Å². The number of rotatable bonds is 17. The Hall–Kier alpha value is -4.71. The van der Waals surface area contributed by atoms with Crippen LogP contribution in [0.2, 0.25) is 5.02 Å². The van der Waals surface area contributed by atoms with Crippen molar-refractivity contribution in [3.63, 3.8) is 0 Å². The van der Waals surface area contributed by atoms with Gasteiger partial charge in [-0.05, 0) is 122 Å². The average molecular weight is 845 g/mol. The summed E-state index contributed by atoms with van der Waals surface area (Å²) < 4.78 is 54.3. The van der Waals surface area contributed by atoms with E-state index in [9.17, 15) is 13.2 Å². The number of nitrogens with zero attached hydrogens (tertiary/aromatic N) is 3. The molecule has 0 saturated heterocycles. The summed E-state index contributed by atoms with van der Waals surface area (Å²) in [6.45, 7) is 10.3. The van der Waals surface area contributed by atoms with Gasteiger partial charge in [-0.1, -0.05) is 61.4 Å². The van der Waals surface area contributed by atoms with Gasteiger partial charge in [-0.15, -0.1) is 6.58 Å². The molecule has 0 radical (unpaired) electrons. The van der Waals surface area contributed by atoms with E-state index < -0.39 is 10.0 Å². The van der Waals surface area contributed by atoms with Crippen molar-refractivity contribution in [1.82, 2.24) is 9.21 Å². The van der Waals surface area contributed by atoms with E-state index in [0.29, 0.717) is 42.0 Å². The molecule has 4 aromatic rings. The number of amides is 1. The number of hydrogen-bond acceptors (Lipinski definition) is 8. The molecule has 1 amide bonds. The predicted molar refractivity (Wildman–Crippen MR) is 234 cm³/mol. The fraction of sp³-hybridized carbons (Fsp3) is 0.426. The van der Waals surface area contributed by atoms with Crippen LogP contribution in [0.25, 0.3) is 0 Å². The first kappa shape index (κ1) is 43.9. The lowest BCUT2D eigenvalue weighted by Gasteiger charge is -2.41. The van der Waals surface area contributed by atoms with E-state index in [1.54, 1.807) is 45.2 Å². The molecule has 1 heterocycles. The first-order valence-electron chi connectivity index (χ1n) is 20.5. The van der Waals surface area contributed by atoms with Crippen LogP contribution in [0.3, 0.4) is 0 Å². The Labute approximate surface area is 355 Å². The van der Waals surface area contributed by atoms with Crippen LogP contribution in [-0.2, 0) is 39.7 Å². The number of carbonyl (C=O) groups is 1. The zero-order valence-electron chi connectivity index (χ0n) is 35.0. The zero-order chi connectivity index (χ0) is 42.2. The minimum absolute atomic E-state index is 0.0735. The van der Waals surface area contributed by atoms with Gasteiger partial charge in [-0.25, -0.2) is 13.2 Å². The SMILES string of the molecule is C=C[C@H]([C@H](CCC)CCN1C[C@@]2(CCCc3cc(Cl)ccc32)COc2ccc(S(=O)(=O)N(Cc3ccc(OC)cc3)Cc3ccc(OC)cc3)cc21)N(C)C(=O)OCC. The lowest BCUT2D eigenvalue weighted by Crippen LogP contribution is -2.47. The highest BCUT2D eigenvalue weighted by atomic mass is 35.5.